The second-order valence-corrected chi connectivity index (χ2v) is 13.1. The van der Waals surface area contributed by atoms with Crippen LogP contribution in [0.15, 0.2) is 0 Å². The summed E-state index contributed by atoms with van der Waals surface area (Å²) in [6.07, 6.45) is 1.79. The molecule has 5 aliphatic heterocycles. The first-order chi connectivity index (χ1) is 17.3. The summed E-state index contributed by atoms with van der Waals surface area (Å²) < 4.78 is 5.80. The number of piperazine rings is 1. The topological polar surface area (TPSA) is 119 Å². The first-order valence-corrected chi connectivity index (χ1v) is 14.8. The molecule has 5 saturated heterocycles. The van der Waals surface area contributed by atoms with Gasteiger partial charge in [-0.25, -0.2) is 0 Å². The molecule has 0 bridgehead atoms. The van der Waals surface area contributed by atoms with Gasteiger partial charge < -0.3 is 30.9 Å². The fourth-order valence-corrected chi connectivity index (χ4v) is 8.43. The Morgan fingerprint density at radius 2 is 1.83 bits per heavy atom. The Kier molecular flexibility index (Phi) is 8.68. The zero-order valence-corrected chi connectivity index (χ0v) is 23.0. The highest BCUT2D eigenvalue weighted by Gasteiger charge is 2.47. The third-order valence-electron chi connectivity index (χ3n) is 8.63. The largest absolute Gasteiger partial charge is 0.380 e. The highest BCUT2D eigenvalue weighted by atomic mass is 35.5. The van der Waals surface area contributed by atoms with Crippen LogP contribution in [-0.4, -0.2) is 110 Å². The summed E-state index contributed by atoms with van der Waals surface area (Å²) in [5.41, 5.74) is -0.221. The SMILES string of the molecule is COC1CNC(Cl)CC1C1CC(C)NCC1C(=O)NC1NC2CN(C(=O)C3CNCC(C)N3)CC2S1. The van der Waals surface area contributed by atoms with Gasteiger partial charge in [-0.3, -0.25) is 20.2 Å². The molecule has 36 heavy (non-hydrogen) atoms. The van der Waals surface area contributed by atoms with Gasteiger partial charge >= 0.3 is 0 Å². The van der Waals surface area contributed by atoms with Gasteiger partial charge in [0, 0.05) is 69.8 Å². The normalized spacial score (nSPS) is 45.3. The maximum Gasteiger partial charge on any atom is 0.241 e. The third kappa shape index (κ3) is 5.83. The van der Waals surface area contributed by atoms with E-state index in [-0.39, 0.29) is 64.0 Å². The van der Waals surface area contributed by atoms with Crippen molar-refractivity contribution < 1.29 is 14.3 Å². The number of hydrogen-bond donors (Lipinski definition) is 6. The lowest BCUT2D eigenvalue weighted by molar-refractivity contribution is -0.133. The minimum Gasteiger partial charge on any atom is -0.380 e. The number of methoxy groups -OCH3 is 1. The van der Waals surface area contributed by atoms with E-state index in [1.54, 1.807) is 18.9 Å². The van der Waals surface area contributed by atoms with Crippen molar-refractivity contribution in [2.24, 2.45) is 17.8 Å². The Balaban J connectivity index is 1.16. The van der Waals surface area contributed by atoms with Gasteiger partial charge in [0.1, 0.15) is 5.50 Å². The number of likely N-dealkylation sites (tertiary alicyclic amines) is 1. The zero-order chi connectivity index (χ0) is 25.4. The predicted molar refractivity (Wildman–Crippen MR) is 142 cm³/mol. The average molecular weight is 544 g/mol. The molecule has 0 aromatic rings. The lowest BCUT2D eigenvalue weighted by Gasteiger charge is -2.45. The van der Waals surface area contributed by atoms with Crippen molar-refractivity contribution in [1.29, 1.82) is 0 Å². The lowest BCUT2D eigenvalue weighted by atomic mass is 9.70. The van der Waals surface area contributed by atoms with E-state index in [9.17, 15) is 9.59 Å². The number of carbonyl (C=O) groups excluding carboxylic acids is 2. The molecule has 0 aromatic heterocycles. The van der Waals surface area contributed by atoms with Gasteiger partial charge in [0.2, 0.25) is 11.8 Å². The molecule has 0 radical (unpaired) electrons. The number of rotatable bonds is 5. The minimum atomic E-state index is -0.162. The molecular formula is C24H42ClN7O3S. The van der Waals surface area contributed by atoms with E-state index in [0.29, 0.717) is 44.8 Å². The molecule has 5 rings (SSSR count). The molecule has 5 heterocycles. The molecular weight excluding hydrogens is 502 g/mol. The molecule has 204 valence electrons. The highest BCUT2D eigenvalue weighted by molar-refractivity contribution is 8.00. The fourth-order valence-electron chi connectivity index (χ4n) is 6.73. The van der Waals surface area contributed by atoms with Gasteiger partial charge in [-0.2, -0.15) is 0 Å². The van der Waals surface area contributed by atoms with Crippen LogP contribution in [0.25, 0.3) is 0 Å². The monoisotopic (exact) mass is 543 g/mol. The van der Waals surface area contributed by atoms with E-state index in [1.807, 2.05) is 4.90 Å². The lowest BCUT2D eigenvalue weighted by Crippen LogP contribution is -2.60. The number of nitrogens with zero attached hydrogens (tertiary/aromatic N) is 1. The van der Waals surface area contributed by atoms with Gasteiger partial charge in [0.25, 0.3) is 0 Å². The molecule has 12 heteroatoms. The van der Waals surface area contributed by atoms with E-state index in [0.717, 1.165) is 19.4 Å². The number of amides is 2. The summed E-state index contributed by atoms with van der Waals surface area (Å²) in [4.78, 5) is 28.5. The number of fused-ring (bicyclic) bond motifs is 1. The molecule has 2 amide bonds. The summed E-state index contributed by atoms with van der Waals surface area (Å²) in [6.45, 7) is 8.62. The Hall–Kier alpha value is -0.660. The summed E-state index contributed by atoms with van der Waals surface area (Å²) in [6, 6.07) is 0.684. The van der Waals surface area contributed by atoms with Crippen LogP contribution in [0.5, 0.6) is 0 Å². The van der Waals surface area contributed by atoms with Crippen molar-refractivity contribution in [3.63, 3.8) is 0 Å². The summed E-state index contributed by atoms with van der Waals surface area (Å²) in [5.74, 6) is 0.589. The van der Waals surface area contributed by atoms with E-state index < -0.39 is 0 Å². The van der Waals surface area contributed by atoms with Crippen LogP contribution in [-0.2, 0) is 14.3 Å². The van der Waals surface area contributed by atoms with Crippen LogP contribution in [0.3, 0.4) is 0 Å². The number of hydrogen-bond acceptors (Lipinski definition) is 9. The zero-order valence-electron chi connectivity index (χ0n) is 21.5. The van der Waals surface area contributed by atoms with E-state index in [2.05, 4.69) is 45.7 Å². The molecule has 5 aliphatic rings. The van der Waals surface area contributed by atoms with Gasteiger partial charge in [-0.15, -0.1) is 23.4 Å². The average Bonchev–Trinajstić information content (AvgIpc) is 3.42. The van der Waals surface area contributed by atoms with Gasteiger partial charge in [-0.1, -0.05) is 0 Å². The number of halogens is 1. The standard InChI is InChI=1S/C24H42ClN7O3S/c1-12-4-14(15-5-21(25)28-9-19(15)35-3)16(7-27-12)22(33)31-24-30-18-10-32(11-20(18)36-24)23(34)17-8-26-6-13(2)29-17/h12-21,24,26-30H,4-11H2,1-3H3,(H,31,33). The maximum atomic E-state index is 13.5. The summed E-state index contributed by atoms with van der Waals surface area (Å²) in [5, 5.41) is 20.7. The molecule has 11 unspecified atom stereocenters. The Labute approximate surface area is 223 Å². The van der Waals surface area contributed by atoms with Crippen molar-refractivity contribution in [3.8, 4) is 0 Å². The number of carbonyl (C=O) groups is 2. The van der Waals surface area contributed by atoms with Crippen LogP contribution in [0.1, 0.15) is 26.7 Å². The van der Waals surface area contributed by atoms with E-state index in [1.165, 1.54) is 0 Å². The Morgan fingerprint density at radius 3 is 2.58 bits per heavy atom. The first kappa shape index (κ1) is 26.9. The number of alkyl halides is 1. The second kappa shape index (κ2) is 11.6. The van der Waals surface area contributed by atoms with Gasteiger partial charge in [0.15, 0.2) is 0 Å². The van der Waals surface area contributed by atoms with Crippen molar-refractivity contribution in [1.82, 2.24) is 36.8 Å². The Bertz CT molecular complexity index is 798. The quantitative estimate of drug-likeness (QED) is 0.193. The minimum absolute atomic E-state index is 0.0595. The molecule has 11 atom stereocenters. The molecule has 0 aliphatic carbocycles. The van der Waals surface area contributed by atoms with Crippen LogP contribution >= 0.6 is 23.4 Å². The first-order valence-electron chi connectivity index (χ1n) is 13.4. The molecule has 10 nitrogen and oxygen atoms in total. The van der Waals surface area contributed by atoms with Crippen LogP contribution in [0.2, 0.25) is 0 Å². The van der Waals surface area contributed by atoms with Crippen molar-refractivity contribution in [2.45, 2.75) is 73.2 Å². The molecule has 0 saturated carbocycles. The predicted octanol–water partition coefficient (Wildman–Crippen LogP) is -0.944. The number of thioether (sulfide) groups is 1. The van der Waals surface area contributed by atoms with Crippen LogP contribution in [0, 0.1) is 17.8 Å². The van der Waals surface area contributed by atoms with Gasteiger partial charge in [-0.05, 0) is 38.5 Å². The number of piperidine rings is 2. The van der Waals surface area contributed by atoms with E-state index >= 15 is 0 Å². The molecule has 5 fully saturated rings. The number of nitrogens with one attached hydrogen (secondary N) is 6. The molecule has 6 N–H and O–H groups in total. The molecule has 0 spiro atoms. The van der Waals surface area contributed by atoms with Crippen molar-refractivity contribution in [3.05, 3.63) is 0 Å². The smallest absolute Gasteiger partial charge is 0.241 e. The third-order valence-corrected chi connectivity index (χ3v) is 10.3. The fraction of sp³-hybridized carbons (Fsp3) is 0.917. The maximum absolute atomic E-state index is 13.5. The van der Waals surface area contributed by atoms with Gasteiger partial charge in [0.05, 0.1) is 23.6 Å². The van der Waals surface area contributed by atoms with Crippen molar-refractivity contribution in [2.75, 3.05) is 46.4 Å². The highest BCUT2D eigenvalue weighted by Crippen LogP contribution is 2.38. The summed E-state index contributed by atoms with van der Waals surface area (Å²) >= 11 is 8.20. The second-order valence-electron chi connectivity index (χ2n) is 11.2. The van der Waals surface area contributed by atoms with Crippen LogP contribution in [0.4, 0.5) is 0 Å². The molecule has 0 aromatic carbocycles. The van der Waals surface area contributed by atoms with E-state index in [4.69, 9.17) is 16.3 Å². The Morgan fingerprint density at radius 1 is 1.00 bits per heavy atom. The van der Waals surface area contributed by atoms with Crippen LogP contribution < -0.4 is 31.9 Å². The number of ether oxygens (including phenoxy) is 1. The summed E-state index contributed by atoms with van der Waals surface area (Å²) in [7, 11) is 1.75. The van der Waals surface area contributed by atoms with Crippen molar-refractivity contribution >= 4 is 35.2 Å².